The first-order valence-corrected chi connectivity index (χ1v) is 5.89. The van der Waals surface area contributed by atoms with Gasteiger partial charge in [-0.15, -0.1) is 0 Å². The van der Waals surface area contributed by atoms with Crippen molar-refractivity contribution in [3.05, 3.63) is 16.3 Å². The predicted molar refractivity (Wildman–Crippen MR) is 62.8 cm³/mol. The third-order valence-electron chi connectivity index (χ3n) is 2.56. The minimum absolute atomic E-state index is 0.000892. The van der Waals surface area contributed by atoms with E-state index in [1.807, 2.05) is 13.8 Å². The molecule has 0 aliphatic heterocycles. The maximum atomic E-state index is 10.4. The Morgan fingerprint density at radius 1 is 1.62 bits per heavy atom. The molecule has 2 N–H and O–H groups in total. The topological polar surface area (TPSA) is 88.3 Å². The van der Waals surface area contributed by atoms with Crippen LogP contribution in [0.3, 0.4) is 0 Å². The Morgan fingerprint density at radius 3 is 2.69 bits per heavy atom. The van der Waals surface area contributed by atoms with Crippen molar-refractivity contribution in [3.63, 3.8) is 0 Å². The van der Waals surface area contributed by atoms with Crippen molar-refractivity contribution >= 4 is 21.5 Å². The van der Waals surface area contributed by atoms with E-state index in [0.717, 1.165) is 11.3 Å². The molecule has 0 spiro atoms. The summed E-state index contributed by atoms with van der Waals surface area (Å²) < 4.78 is 0. The number of hydrogen-bond acceptors (Lipinski definition) is 6. The maximum Gasteiger partial charge on any atom is 0.345 e. The Labute approximate surface area is 97.5 Å². The third-order valence-corrected chi connectivity index (χ3v) is 3.47. The van der Waals surface area contributed by atoms with Crippen LogP contribution in [0.4, 0.5) is 10.1 Å². The van der Waals surface area contributed by atoms with Crippen molar-refractivity contribution in [3.8, 4) is 0 Å². The van der Waals surface area contributed by atoms with Crippen molar-refractivity contribution in [1.82, 2.24) is 4.98 Å². The quantitative estimate of drug-likeness (QED) is 0.591. The fourth-order valence-electron chi connectivity index (χ4n) is 1.17. The molecule has 0 fully saturated rings. The zero-order valence-corrected chi connectivity index (χ0v) is 10.1. The first-order valence-electron chi connectivity index (χ1n) is 5.07. The molecule has 7 heteroatoms. The predicted octanol–water partition coefficient (Wildman–Crippen LogP) is 2.01. The van der Waals surface area contributed by atoms with Gasteiger partial charge in [0.2, 0.25) is 0 Å². The highest BCUT2D eigenvalue weighted by Crippen LogP contribution is 2.26. The number of thiazole rings is 1. The fourth-order valence-corrected chi connectivity index (χ4v) is 1.80. The van der Waals surface area contributed by atoms with Gasteiger partial charge in [0.05, 0.1) is 10.5 Å². The largest absolute Gasteiger partial charge is 0.388 e. The summed E-state index contributed by atoms with van der Waals surface area (Å²) in [5.41, 5.74) is -0.777. The summed E-state index contributed by atoms with van der Waals surface area (Å²) in [5.74, 6) is 0. The highest BCUT2D eigenvalue weighted by molar-refractivity contribution is 7.18. The van der Waals surface area contributed by atoms with Crippen LogP contribution in [0.25, 0.3) is 0 Å². The second-order valence-corrected chi connectivity index (χ2v) is 4.55. The number of nitro groups is 1. The summed E-state index contributed by atoms with van der Waals surface area (Å²) in [7, 11) is 0. The van der Waals surface area contributed by atoms with E-state index in [1.165, 1.54) is 6.20 Å². The lowest BCUT2D eigenvalue weighted by atomic mass is 9.98. The molecular weight excluding hydrogens is 230 g/mol. The van der Waals surface area contributed by atoms with Crippen LogP contribution >= 0.6 is 11.3 Å². The zero-order valence-electron chi connectivity index (χ0n) is 9.27. The molecule has 0 aliphatic rings. The summed E-state index contributed by atoms with van der Waals surface area (Å²) in [4.78, 5) is 13.8. The van der Waals surface area contributed by atoms with Gasteiger partial charge in [0, 0.05) is 6.54 Å². The van der Waals surface area contributed by atoms with Gasteiger partial charge in [0.25, 0.3) is 0 Å². The van der Waals surface area contributed by atoms with Crippen LogP contribution < -0.4 is 5.32 Å². The molecule has 0 saturated heterocycles. The number of aromatic nitrogens is 1. The van der Waals surface area contributed by atoms with Gasteiger partial charge in [-0.3, -0.25) is 10.1 Å². The molecule has 0 aromatic carbocycles. The first-order chi connectivity index (χ1) is 7.50. The number of anilines is 1. The van der Waals surface area contributed by atoms with Crippen molar-refractivity contribution in [2.24, 2.45) is 0 Å². The SMILES string of the molecule is CCC(O)(CC)CNc1ncc([N+](=O)[O-])s1. The Hall–Kier alpha value is -1.21. The average molecular weight is 245 g/mol. The van der Waals surface area contributed by atoms with Crippen molar-refractivity contribution < 1.29 is 10.0 Å². The summed E-state index contributed by atoms with van der Waals surface area (Å²) in [6, 6.07) is 0. The van der Waals surface area contributed by atoms with Gasteiger partial charge in [-0.1, -0.05) is 13.8 Å². The number of nitrogens with zero attached hydrogens (tertiary/aromatic N) is 2. The van der Waals surface area contributed by atoms with Gasteiger partial charge >= 0.3 is 5.00 Å². The summed E-state index contributed by atoms with van der Waals surface area (Å²) in [5, 5.41) is 23.8. The van der Waals surface area contributed by atoms with E-state index >= 15 is 0 Å². The van der Waals surface area contributed by atoms with Crippen LogP contribution in [-0.2, 0) is 0 Å². The highest BCUT2D eigenvalue weighted by Gasteiger charge is 2.22. The van der Waals surface area contributed by atoms with Crippen LogP contribution in [-0.4, -0.2) is 27.2 Å². The molecule has 0 radical (unpaired) electrons. The Bertz CT molecular complexity index is 363. The minimum Gasteiger partial charge on any atom is -0.388 e. The standard InChI is InChI=1S/C9H15N3O3S/c1-3-9(13,4-2)6-11-8-10-5-7(16-8)12(14)15/h5,13H,3-4,6H2,1-2H3,(H,10,11). The van der Waals surface area contributed by atoms with Crippen LogP contribution in [0.1, 0.15) is 26.7 Å². The number of hydrogen-bond donors (Lipinski definition) is 2. The van der Waals surface area contributed by atoms with Gasteiger partial charge in [0.15, 0.2) is 5.13 Å². The van der Waals surface area contributed by atoms with E-state index in [9.17, 15) is 15.2 Å². The zero-order chi connectivity index (χ0) is 12.2. The number of rotatable bonds is 6. The lowest BCUT2D eigenvalue weighted by Gasteiger charge is -2.24. The molecule has 1 aromatic rings. The molecule has 1 heterocycles. The normalized spacial score (nSPS) is 11.4. The molecule has 6 nitrogen and oxygen atoms in total. The molecule has 1 rings (SSSR count). The smallest absolute Gasteiger partial charge is 0.345 e. The second kappa shape index (κ2) is 5.22. The molecule has 1 aromatic heterocycles. The molecule has 90 valence electrons. The molecule has 0 atom stereocenters. The molecule has 0 unspecified atom stereocenters. The third kappa shape index (κ3) is 3.14. The van der Waals surface area contributed by atoms with Crippen LogP contribution in [0.2, 0.25) is 0 Å². The summed E-state index contributed by atoms with van der Waals surface area (Å²) in [6.07, 6.45) is 2.47. The van der Waals surface area contributed by atoms with E-state index in [1.54, 1.807) is 0 Å². The monoisotopic (exact) mass is 245 g/mol. The summed E-state index contributed by atoms with van der Waals surface area (Å²) >= 11 is 0.970. The highest BCUT2D eigenvalue weighted by atomic mass is 32.1. The molecule has 0 amide bonds. The summed E-state index contributed by atoms with van der Waals surface area (Å²) in [6.45, 7) is 4.15. The molecule has 0 saturated carbocycles. The van der Waals surface area contributed by atoms with Crippen molar-refractivity contribution in [2.45, 2.75) is 32.3 Å². The molecule has 16 heavy (non-hydrogen) atoms. The van der Waals surface area contributed by atoms with Gasteiger partial charge < -0.3 is 10.4 Å². The Balaban J connectivity index is 2.57. The van der Waals surface area contributed by atoms with Crippen LogP contribution in [0, 0.1) is 10.1 Å². The Kier molecular flexibility index (Phi) is 4.19. The molecular formula is C9H15N3O3S. The average Bonchev–Trinajstić information content (AvgIpc) is 2.75. The first kappa shape index (κ1) is 12.9. The van der Waals surface area contributed by atoms with Crippen molar-refractivity contribution in [2.75, 3.05) is 11.9 Å². The number of aliphatic hydroxyl groups is 1. The van der Waals surface area contributed by atoms with Gasteiger partial charge in [-0.05, 0) is 24.2 Å². The Morgan fingerprint density at radius 2 is 2.25 bits per heavy atom. The van der Waals surface area contributed by atoms with E-state index in [2.05, 4.69) is 10.3 Å². The minimum atomic E-state index is -0.777. The molecule has 0 aliphatic carbocycles. The van der Waals surface area contributed by atoms with Crippen LogP contribution in [0.15, 0.2) is 6.20 Å². The van der Waals surface area contributed by atoms with Crippen LogP contribution in [0.5, 0.6) is 0 Å². The van der Waals surface area contributed by atoms with E-state index < -0.39 is 10.5 Å². The van der Waals surface area contributed by atoms with E-state index in [-0.39, 0.29) is 5.00 Å². The van der Waals surface area contributed by atoms with Gasteiger partial charge in [0.1, 0.15) is 6.20 Å². The lowest BCUT2D eigenvalue weighted by Crippen LogP contribution is -2.35. The fraction of sp³-hybridized carbons (Fsp3) is 0.667. The van der Waals surface area contributed by atoms with Crippen molar-refractivity contribution in [1.29, 1.82) is 0 Å². The lowest BCUT2D eigenvalue weighted by molar-refractivity contribution is -0.380. The van der Waals surface area contributed by atoms with E-state index in [4.69, 9.17) is 0 Å². The second-order valence-electron chi connectivity index (χ2n) is 3.55. The van der Waals surface area contributed by atoms with E-state index in [0.29, 0.717) is 24.5 Å². The van der Waals surface area contributed by atoms with Gasteiger partial charge in [-0.25, -0.2) is 4.98 Å². The number of nitrogens with one attached hydrogen (secondary N) is 1. The molecule has 0 bridgehead atoms. The maximum absolute atomic E-state index is 10.4. The van der Waals surface area contributed by atoms with Gasteiger partial charge in [-0.2, -0.15) is 0 Å².